The van der Waals surface area contributed by atoms with Gasteiger partial charge in [0.05, 0.1) is 6.54 Å². The normalized spacial score (nSPS) is 16.5. The summed E-state index contributed by atoms with van der Waals surface area (Å²) in [5.41, 5.74) is 1.80. The van der Waals surface area contributed by atoms with Crippen LogP contribution in [0.3, 0.4) is 0 Å². The molecule has 0 saturated carbocycles. The van der Waals surface area contributed by atoms with Crippen LogP contribution in [0.15, 0.2) is 18.5 Å². The summed E-state index contributed by atoms with van der Waals surface area (Å²) >= 11 is 0. The van der Waals surface area contributed by atoms with Crippen LogP contribution in [0, 0.1) is 25.2 Å². The Hall–Kier alpha value is -3.61. The number of nitrogens with zero attached hydrogens (tertiary/aromatic N) is 8. The average Bonchev–Trinajstić information content (AvgIpc) is 3.29. The van der Waals surface area contributed by atoms with Gasteiger partial charge in [-0.05, 0) is 19.9 Å². The summed E-state index contributed by atoms with van der Waals surface area (Å²) in [6, 6.07) is 3.82. The van der Waals surface area contributed by atoms with Crippen molar-refractivity contribution in [2.45, 2.75) is 26.4 Å². The number of amides is 1. The first-order valence-electron chi connectivity index (χ1n) is 8.43. The van der Waals surface area contributed by atoms with Crippen LogP contribution in [-0.4, -0.2) is 59.6 Å². The number of carbonyl (C=O) groups excluding carboxylic acids is 1. The van der Waals surface area contributed by atoms with Crippen molar-refractivity contribution in [1.82, 2.24) is 34.4 Å². The number of aromatic nitrogens is 6. The van der Waals surface area contributed by atoms with E-state index in [2.05, 4.69) is 25.0 Å². The van der Waals surface area contributed by atoms with Crippen LogP contribution in [0.25, 0.3) is 5.78 Å². The number of fused-ring (bicyclic) bond motifs is 1. The number of hydrogen-bond donors (Lipinski definition) is 0. The molecule has 4 rings (SSSR count). The zero-order valence-electron chi connectivity index (χ0n) is 14.8. The van der Waals surface area contributed by atoms with E-state index in [1.54, 1.807) is 9.42 Å². The highest BCUT2D eigenvalue weighted by molar-refractivity contribution is 5.91. The molecule has 4 heterocycles. The van der Waals surface area contributed by atoms with Crippen molar-refractivity contribution < 1.29 is 9.53 Å². The van der Waals surface area contributed by atoms with Crippen molar-refractivity contribution in [1.29, 1.82) is 5.26 Å². The molecule has 1 fully saturated rings. The standard InChI is InChI=1S/C17H16N8O2/c1-10-7-11(2)25-17(21-10)22-14(23-25)16(26)24-6-3-12(9-24)27-15-13(8-18)19-4-5-20-15/h4-5,7,12H,3,6,9H2,1-2H3. The molecule has 0 radical (unpaired) electrons. The third-order valence-corrected chi connectivity index (χ3v) is 4.29. The number of hydrogen-bond acceptors (Lipinski definition) is 8. The van der Waals surface area contributed by atoms with E-state index in [4.69, 9.17) is 10.00 Å². The zero-order chi connectivity index (χ0) is 19.0. The molecular weight excluding hydrogens is 348 g/mol. The van der Waals surface area contributed by atoms with Crippen molar-refractivity contribution in [3.63, 3.8) is 0 Å². The summed E-state index contributed by atoms with van der Waals surface area (Å²) in [5, 5.41) is 13.4. The molecule has 3 aromatic heterocycles. The lowest BCUT2D eigenvalue weighted by Crippen LogP contribution is -2.32. The Labute approximate surface area is 154 Å². The van der Waals surface area contributed by atoms with E-state index in [-0.39, 0.29) is 29.4 Å². The summed E-state index contributed by atoms with van der Waals surface area (Å²) in [6.45, 7) is 4.62. The van der Waals surface area contributed by atoms with Gasteiger partial charge in [0.15, 0.2) is 0 Å². The summed E-state index contributed by atoms with van der Waals surface area (Å²) < 4.78 is 7.32. The van der Waals surface area contributed by atoms with Gasteiger partial charge in [0, 0.05) is 36.7 Å². The second-order valence-corrected chi connectivity index (χ2v) is 6.29. The molecule has 0 aliphatic carbocycles. The molecule has 1 unspecified atom stereocenters. The van der Waals surface area contributed by atoms with E-state index in [1.165, 1.54) is 12.4 Å². The minimum Gasteiger partial charge on any atom is -0.470 e. The lowest BCUT2D eigenvalue weighted by Gasteiger charge is -2.15. The minimum atomic E-state index is -0.275. The molecule has 0 N–H and O–H groups in total. The maximum Gasteiger partial charge on any atom is 0.293 e. The van der Waals surface area contributed by atoms with Gasteiger partial charge < -0.3 is 9.64 Å². The van der Waals surface area contributed by atoms with Crippen LogP contribution < -0.4 is 4.74 Å². The van der Waals surface area contributed by atoms with Crippen LogP contribution in [0.2, 0.25) is 0 Å². The molecule has 1 atom stereocenters. The molecule has 1 amide bonds. The maximum absolute atomic E-state index is 12.8. The van der Waals surface area contributed by atoms with Crippen molar-refractivity contribution >= 4 is 11.7 Å². The van der Waals surface area contributed by atoms with Crippen LogP contribution in [-0.2, 0) is 0 Å². The van der Waals surface area contributed by atoms with Crippen molar-refractivity contribution in [2.75, 3.05) is 13.1 Å². The highest BCUT2D eigenvalue weighted by Gasteiger charge is 2.31. The second kappa shape index (κ2) is 6.60. The number of likely N-dealkylation sites (tertiary alicyclic amines) is 1. The lowest BCUT2D eigenvalue weighted by atomic mass is 10.3. The predicted octanol–water partition coefficient (Wildman–Crippen LogP) is 0.696. The van der Waals surface area contributed by atoms with E-state index in [9.17, 15) is 4.79 Å². The zero-order valence-corrected chi connectivity index (χ0v) is 14.8. The van der Waals surface area contributed by atoms with Gasteiger partial charge in [-0.15, -0.1) is 5.10 Å². The summed E-state index contributed by atoms with van der Waals surface area (Å²) in [6.07, 6.45) is 3.25. The molecular formula is C17H16N8O2. The van der Waals surface area contributed by atoms with Gasteiger partial charge in [0.1, 0.15) is 12.2 Å². The van der Waals surface area contributed by atoms with Gasteiger partial charge in [-0.1, -0.05) is 0 Å². The van der Waals surface area contributed by atoms with Gasteiger partial charge in [-0.2, -0.15) is 10.2 Å². The van der Waals surface area contributed by atoms with Gasteiger partial charge in [-0.25, -0.2) is 19.5 Å². The molecule has 10 heteroatoms. The molecule has 1 saturated heterocycles. The molecule has 3 aromatic rings. The highest BCUT2D eigenvalue weighted by Crippen LogP contribution is 2.19. The summed E-state index contributed by atoms with van der Waals surface area (Å²) in [7, 11) is 0. The van der Waals surface area contributed by atoms with Crippen LogP contribution in [0.4, 0.5) is 0 Å². The fourth-order valence-electron chi connectivity index (χ4n) is 3.05. The Kier molecular flexibility index (Phi) is 4.12. The van der Waals surface area contributed by atoms with Crippen LogP contribution >= 0.6 is 0 Å². The first-order valence-corrected chi connectivity index (χ1v) is 8.43. The van der Waals surface area contributed by atoms with Crippen LogP contribution in [0.1, 0.15) is 34.1 Å². The van der Waals surface area contributed by atoms with E-state index in [0.717, 1.165) is 11.4 Å². The third kappa shape index (κ3) is 3.15. The predicted molar refractivity (Wildman–Crippen MR) is 91.9 cm³/mol. The third-order valence-electron chi connectivity index (χ3n) is 4.29. The largest absolute Gasteiger partial charge is 0.470 e. The Morgan fingerprint density at radius 3 is 2.93 bits per heavy atom. The average molecular weight is 364 g/mol. The molecule has 10 nitrogen and oxygen atoms in total. The first-order chi connectivity index (χ1) is 13.0. The molecule has 0 spiro atoms. The van der Waals surface area contributed by atoms with Crippen molar-refractivity contribution in [3.05, 3.63) is 41.4 Å². The van der Waals surface area contributed by atoms with E-state index in [0.29, 0.717) is 25.3 Å². The molecule has 1 aliphatic rings. The Morgan fingerprint density at radius 1 is 1.30 bits per heavy atom. The van der Waals surface area contributed by atoms with E-state index in [1.807, 2.05) is 26.0 Å². The Morgan fingerprint density at radius 2 is 2.11 bits per heavy atom. The molecule has 27 heavy (non-hydrogen) atoms. The maximum atomic E-state index is 12.8. The quantitative estimate of drug-likeness (QED) is 0.665. The number of aryl methyl sites for hydroxylation is 2. The van der Waals surface area contributed by atoms with Gasteiger partial charge in [-0.3, -0.25) is 4.79 Å². The second-order valence-electron chi connectivity index (χ2n) is 6.29. The number of carbonyl (C=O) groups is 1. The molecule has 0 aromatic carbocycles. The highest BCUT2D eigenvalue weighted by atomic mass is 16.5. The fourth-order valence-corrected chi connectivity index (χ4v) is 3.05. The van der Waals surface area contributed by atoms with Crippen molar-refractivity contribution in [2.24, 2.45) is 0 Å². The van der Waals surface area contributed by atoms with Crippen molar-refractivity contribution in [3.8, 4) is 11.9 Å². The minimum absolute atomic E-state index is 0.106. The Balaban J connectivity index is 1.50. The molecule has 0 bridgehead atoms. The van der Waals surface area contributed by atoms with E-state index >= 15 is 0 Å². The molecule has 1 aliphatic heterocycles. The van der Waals surface area contributed by atoms with Gasteiger partial charge >= 0.3 is 0 Å². The Bertz CT molecular complexity index is 1070. The monoisotopic (exact) mass is 364 g/mol. The number of nitriles is 1. The molecule has 136 valence electrons. The summed E-state index contributed by atoms with van der Waals surface area (Å²) in [4.78, 5) is 30.9. The van der Waals surface area contributed by atoms with E-state index < -0.39 is 0 Å². The first kappa shape index (κ1) is 16.8. The number of rotatable bonds is 3. The van der Waals surface area contributed by atoms with Gasteiger partial charge in [0.2, 0.25) is 11.5 Å². The lowest BCUT2D eigenvalue weighted by molar-refractivity contribution is 0.0759. The number of ether oxygens (including phenoxy) is 1. The smallest absolute Gasteiger partial charge is 0.293 e. The summed E-state index contributed by atoms with van der Waals surface area (Å²) in [5.74, 6) is 0.416. The SMILES string of the molecule is Cc1cc(C)n2nc(C(=O)N3CCC(Oc4nccnc4C#N)C3)nc2n1. The van der Waals surface area contributed by atoms with Gasteiger partial charge in [0.25, 0.3) is 17.6 Å². The topological polar surface area (TPSA) is 122 Å². The van der Waals surface area contributed by atoms with Crippen LogP contribution in [0.5, 0.6) is 5.88 Å². The fraction of sp³-hybridized carbons (Fsp3) is 0.353.